The topological polar surface area (TPSA) is 80.3 Å². The minimum Gasteiger partial charge on any atom is -0.545 e. The van der Waals surface area contributed by atoms with Crippen LogP contribution in [0.25, 0.3) is 0 Å². The van der Waals surface area contributed by atoms with E-state index in [9.17, 15) is 19.8 Å². The first-order valence-corrected chi connectivity index (χ1v) is 5.71. The van der Waals surface area contributed by atoms with Crippen LogP contribution in [0.1, 0.15) is 31.8 Å². The summed E-state index contributed by atoms with van der Waals surface area (Å²) in [6, 6.07) is 12.0. The van der Waals surface area contributed by atoms with Crippen molar-refractivity contribution in [3.63, 3.8) is 0 Å². The van der Waals surface area contributed by atoms with Gasteiger partial charge in [-0.3, -0.25) is 0 Å². The molecule has 0 fully saturated rings. The van der Waals surface area contributed by atoms with Crippen LogP contribution < -0.4 is 10.2 Å². The molecule has 2 rings (SSSR count). The van der Waals surface area contributed by atoms with Crippen molar-refractivity contribution >= 4 is 11.9 Å². The summed E-state index contributed by atoms with van der Waals surface area (Å²) in [5.41, 5.74) is 1.49. The lowest BCUT2D eigenvalue weighted by Crippen LogP contribution is -2.21. The van der Waals surface area contributed by atoms with Crippen LogP contribution in [0.3, 0.4) is 0 Å². The fraction of sp³-hybridized carbons (Fsp3) is 0. The van der Waals surface area contributed by atoms with E-state index in [0.29, 0.717) is 11.1 Å². The Hall–Kier alpha value is -3.06. The predicted octanol–water partition coefficient (Wildman–Crippen LogP) is -0.187. The van der Waals surface area contributed by atoms with E-state index < -0.39 is 11.9 Å². The first kappa shape index (κ1) is 13.4. The maximum Gasteiger partial charge on any atom is 0.0715 e. The molecule has 0 N–H and O–H groups in total. The number of carbonyl (C=O) groups excluding carboxylic acids is 2. The minimum absolute atomic E-state index is 0.0915. The van der Waals surface area contributed by atoms with Gasteiger partial charge in [-0.1, -0.05) is 36.1 Å². The monoisotopic (exact) mass is 264 g/mol. The molecular formula is C16H8O4-2. The highest BCUT2D eigenvalue weighted by Crippen LogP contribution is 2.05. The summed E-state index contributed by atoms with van der Waals surface area (Å²) in [6.07, 6.45) is 0. The van der Waals surface area contributed by atoms with Gasteiger partial charge in [0.25, 0.3) is 0 Å². The van der Waals surface area contributed by atoms with Gasteiger partial charge in [-0.15, -0.1) is 0 Å². The molecule has 0 aromatic heterocycles. The zero-order valence-electron chi connectivity index (χ0n) is 10.3. The standard InChI is InChI=1S/C16H10O4/c17-15(18)13-7-3-11(4-8-13)1-2-12-5-9-14(10-6-12)16(19)20/h3-10H,(H,17,18)(H,19,20)/p-2. The second-order valence-electron chi connectivity index (χ2n) is 3.98. The Kier molecular flexibility index (Phi) is 3.82. The number of benzene rings is 2. The van der Waals surface area contributed by atoms with Crippen molar-refractivity contribution in [3.05, 3.63) is 70.8 Å². The van der Waals surface area contributed by atoms with Crippen molar-refractivity contribution in [2.45, 2.75) is 0 Å². The van der Waals surface area contributed by atoms with Crippen LogP contribution in [0.4, 0.5) is 0 Å². The minimum atomic E-state index is -1.23. The molecule has 98 valence electrons. The van der Waals surface area contributed by atoms with Crippen LogP contribution in [-0.2, 0) is 0 Å². The van der Waals surface area contributed by atoms with E-state index in [0.717, 1.165) is 0 Å². The molecule has 0 bridgehead atoms. The molecule has 2 aromatic rings. The summed E-state index contributed by atoms with van der Waals surface area (Å²) in [5, 5.41) is 21.2. The van der Waals surface area contributed by atoms with Crippen LogP contribution in [0.5, 0.6) is 0 Å². The Balaban J connectivity index is 2.17. The predicted molar refractivity (Wildman–Crippen MR) is 67.5 cm³/mol. The van der Waals surface area contributed by atoms with Crippen LogP contribution in [0, 0.1) is 11.8 Å². The third-order valence-corrected chi connectivity index (χ3v) is 2.59. The fourth-order valence-electron chi connectivity index (χ4n) is 1.52. The SMILES string of the molecule is O=C([O-])c1ccc(C#Cc2ccc(C(=O)[O-])cc2)cc1. The average molecular weight is 264 g/mol. The Labute approximate surface area is 115 Å². The van der Waals surface area contributed by atoms with Crippen LogP contribution in [0.15, 0.2) is 48.5 Å². The lowest BCUT2D eigenvalue weighted by Gasteiger charge is -2.01. The van der Waals surface area contributed by atoms with Gasteiger partial charge in [-0.25, -0.2) is 0 Å². The molecule has 0 spiro atoms. The zero-order chi connectivity index (χ0) is 14.5. The maximum atomic E-state index is 10.6. The molecule has 0 atom stereocenters. The van der Waals surface area contributed by atoms with E-state index in [4.69, 9.17) is 0 Å². The molecule has 0 heterocycles. The molecule has 0 amide bonds. The molecule has 0 radical (unpaired) electrons. The average Bonchev–Trinajstić information content (AvgIpc) is 2.46. The van der Waals surface area contributed by atoms with Gasteiger partial charge >= 0.3 is 0 Å². The summed E-state index contributed by atoms with van der Waals surface area (Å²) < 4.78 is 0. The molecule has 0 aliphatic carbocycles. The van der Waals surface area contributed by atoms with Crippen molar-refractivity contribution in [2.75, 3.05) is 0 Å². The van der Waals surface area contributed by atoms with E-state index in [2.05, 4.69) is 11.8 Å². The zero-order valence-corrected chi connectivity index (χ0v) is 10.3. The van der Waals surface area contributed by atoms with Crippen LogP contribution in [0.2, 0.25) is 0 Å². The molecule has 2 aromatic carbocycles. The van der Waals surface area contributed by atoms with Crippen molar-refractivity contribution in [3.8, 4) is 11.8 Å². The normalized spacial score (nSPS) is 9.40. The molecule has 4 heteroatoms. The number of carbonyl (C=O) groups is 2. The third kappa shape index (κ3) is 3.24. The Morgan fingerprint density at radius 3 is 1.20 bits per heavy atom. The highest BCUT2D eigenvalue weighted by Gasteiger charge is 1.94. The van der Waals surface area contributed by atoms with Gasteiger partial charge in [-0.05, 0) is 35.4 Å². The van der Waals surface area contributed by atoms with Crippen LogP contribution in [-0.4, -0.2) is 11.9 Å². The van der Waals surface area contributed by atoms with Crippen molar-refractivity contribution in [2.24, 2.45) is 0 Å². The lowest BCUT2D eigenvalue weighted by molar-refractivity contribution is -0.256. The molecule has 0 saturated heterocycles. The highest BCUT2D eigenvalue weighted by molar-refractivity contribution is 5.86. The molecule has 0 unspecified atom stereocenters. The van der Waals surface area contributed by atoms with Gasteiger partial charge in [0.1, 0.15) is 0 Å². The summed E-state index contributed by atoms with van der Waals surface area (Å²) >= 11 is 0. The van der Waals surface area contributed by atoms with E-state index in [1.54, 1.807) is 24.3 Å². The molecule has 0 aliphatic rings. The Bertz CT molecular complexity index is 639. The van der Waals surface area contributed by atoms with Gasteiger partial charge in [0, 0.05) is 11.1 Å². The van der Waals surface area contributed by atoms with Crippen molar-refractivity contribution < 1.29 is 19.8 Å². The van der Waals surface area contributed by atoms with E-state index in [1.807, 2.05) is 0 Å². The molecule has 20 heavy (non-hydrogen) atoms. The fourth-order valence-corrected chi connectivity index (χ4v) is 1.52. The summed E-state index contributed by atoms with van der Waals surface area (Å²) in [6.45, 7) is 0. The van der Waals surface area contributed by atoms with Gasteiger partial charge in [0.05, 0.1) is 11.9 Å². The third-order valence-electron chi connectivity index (χ3n) is 2.59. The Morgan fingerprint density at radius 1 is 0.650 bits per heavy atom. The first-order chi connectivity index (χ1) is 9.56. The molecule has 0 saturated carbocycles. The second-order valence-corrected chi connectivity index (χ2v) is 3.98. The smallest absolute Gasteiger partial charge is 0.0715 e. The molecule has 4 nitrogen and oxygen atoms in total. The number of hydrogen-bond donors (Lipinski definition) is 0. The number of hydrogen-bond acceptors (Lipinski definition) is 4. The van der Waals surface area contributed by atoms with Crippen LogP contribution >= 0.6 is 0 Å². The van der Waals surface area contributed by atoms with Crippen molar-refractivity contribution in [1.82, 2.24) is 0 Å². The number of rotatable bonds is 2. The van der Waals surface area contributed by atoms with Gasteiger partial charge in [0.15, 0.2) is 0 Å². The molecule has 0 aliphatic heterocycles. The highest BCUT2D eigenvalue weighted by atomic mass is 16.4. The largest absolute Gasteiger partial charge is 0.545 e. The number of aromatic carboxylic acids is 2. The van der Waals surface area contributed by atoms with Gasteiger partial charge < -0.3 is 19.8 Å². The number of carboxylic acid groups (broad SMARTS) is 2. The summed E-state index contributed by atoms with van der Waals surface area (Å²) in [7, 11) is 0. The second kappa shape index (κ2) is 5.72. The van der Waals surface area contributed by atoms with Crippen molar-refractivity contribution in [1.29, 1.82) is 0 Å². The van der Waals surface area contributed by atoms with Gasteiger partial charge in [-0.2, -0.15) is 0 Å². The lowest BCUT2D eigenvalue weighted by atomic mass is 10.1. The van der Waals surface area contributed by atoms with E-state index in [1.165, 1.54) is 24.3 Å². The number of carboxylic acids is 2. The Morgan fingerprint density at radius 2 is 0.950 bits per heavy atom. The molecular weight excluding hydrogens is 256 g/mol. The van der Waals surface area contributed by atoms with Gasteiger partial charge in [0.2, 0.25) is 0 Å². The van der Waals surface area contributed by atoms with E-state index in [-0.39, 0.29) is 11.1 Å². The quantitative estimate of drug-likeness (QED) is 0.704. The first-order valence-electron chi connectivity index (χ1n) is 5.71. The summed E-state index contributed by atoms with van der Waals surface area (Å²) in [4.78, 5) is 21.2. The van der Waals surface area contributed by atoms with E-state index >= 15 is 0 Å². The summed E-state index contributed by atoms with van der Waals surface area (Å²) in [5.74, 6) is 3.23. The maximum absolute atomic E-state index is 10.6.